The van der Waals surface area contributed by atoms with Gasteiger partial charge in [0, 0.05) is 11.6 Å². The van der Waals surface area contributed by atoms with Crippen molar-refractivity contribution in [3.63, 3.8) is 0 Å². The van der Waals surface area contributed by atoms with Crippen LogP contribution in [0.1, 0.15) is 43.6 Å². The highest BCUT2D eigenvalue weighted by atomic mass is 16.5. The lowest BCUT2D eigenvalue weighted by molar-refractivity contribution is 0.230. The second kappa shape index (κ2) is 7.26. The lowest BCUT2D eigenvalue weighted by Crippen LogP contribution is -2.42. The molecule has 1 heterocycles. The van der Waals surface area contributed by atoms with Crippen LogP contribution in [0.5, 0.6) is 0 Å². The number of aromatic nitrogens is 2. The highest BCUT2D eigenvalue weighted by Crippen LogP contribution is 2.17. The first-order valence-electron chi connectivity index (χ1n) is 8.15. The number of rotatable bonds is 4. The van der Waals surface area contributed by atoms with Crippen LogP contribution < -0.4 is 10.6 Å². The highest BCUT2D eigenvalue weighted by Gasteiger charge is 2.16. The molecule has 1 fully saturated rings. The van der Waals surface area contributed by atoms with Crippen LogP contribution in [-0.2, 0) is 6.54 Å². The molecule has 0 aliphatic heterocycles. The van der Waals surface area contributed by atoms with E-state index in [4.69, 9.17) is 4.52 Å². The molecule has 0 saturated heterocycles. The van der Waals surface area contributed by atoms with E-state index in [1.54, 1.807) is 0 Å². The van der Waals surface area contributed by atoms with Gasteiger partial charge < -0.3 is 15.2 Å². The Morgan fingerprint density at radius 2 is 1.96 bits per heavy atom. The maximum absolute atomic E-state index is 11.9. The molecule has 1 aliphatic rings. The Morgan fingerprint density at radius 3 is 2.70 bits per heavy atom. The van der Waals surface area contributed by atoms with Gasteiger partial charge in [-0.05, 0) is 19.8 Å². The molecular weight excluding hydrogens is 292 g/mol. The van der Waals surface area contributed by atoms with Gasteiger partial charge in [-0.25, -0.2) is 4.79 Å². The summed E-state index contributed by atoms with van der Waals surface area (Å²) in [7, 11) is 0. The van der Waals surface area contributed by atoms with Crippen LogP contribution in [0.4, 0.5) is 4.79 Å². The molecule has 0 bridgehead atoms. The van der Waals surface area contributed by atoms with Gasteiger partial charge in [-0.3, -0.25) is 0 Å². The third-order valence-electron chi connectivity index (χ3n) is 4.12. The van der Waals surface area contributed by atoms with E-state index >= 15 is 0 Å². The van der Waals surface area contributed by atoms with Crippen LogP contribution in [-0.4, -0.2) is 22.2 Å². The van der Waals surface area contributed by atoms with Crippen LogP contribution in [0.2, 0.25) is 0 Å². The van der Waals surface area contributed by atoms with Crippen molar-refractivity contribution < 1.29 is 9.32 Å². The molecule has 3 rings (SSSR count). The highest BCUT2D eigenvalue weighted by molar-refractivity contribution is 5.74. The monoisotopic (exact) mass is 314 g/mol. The zero-order valence-corrected chi connectivity index (χ0v) is 13.3. The predicted octanol–water partition coefficient (Wildman–Crippen LogP) is 3.18. The van der Waals surface area contributed by atoms with Gasteiger partial charge in [-0.15, -0.1) is 0 Å². The standard InChI is InChI=1S/C17H22N4O2/c1-12-7-9-13(10-8-12)16-20-15(23-21-16)11-18-17(22)19-14-5-3-2-4-6-14/h7-10,14H,2-6,11H2,1H3,(H2,18,19,22). The number of amides is 2. The van der Waals surface area contributed by atoms with Crippen molar-refractivity contribution in [2.24, 2.45) is 0 Å². The third-order valence-corrected chi connectivity index (χ3v) is 4.12. The van der Waals surface area contributed by atoms with Gasteiger partial charge >= 0.3 is 6.03 Å². The number of carbonyl (C=O) groups is 1. The van der Waals surface area contributed by atoms with Gasteiger partial charge in [0.15, 0.2) is 0 Å². The molecule has 2 N–H and O–H groups in total. The Kier molecular flexibility index (Phi) is 4.90. The second-order valence-corrected chi connectivity index (χ2v) is 6.04. The quantitative estimate of drug-likeness (QED) is 0.908. The largest absolute Gasteiger partial charge is 0.337 e. The number of hydrogen-bond donors (Lipinski definition) is 2. The number of urea groups is 1. The van der Waals surface area contributed by atoms with E-state index in [2.05, 4.69) is 20.8 Å². The van der Waals surface area contributed by atoms with Crippen molar-refractivity contribution in [2.45, 2.75) is 51.6 Å². The van der Waals surface area contributed by atoms with Gasteiger partial charge in [0.1, 0.15) is 0 Å². The summed E-state index contributed by atoms with van der Waals surface area (Å²) in [6.45, 7) is 2.26. The second-order valence-electron chi connectivity index (χ2n) is 6.04. The van der Waals surface area contributed by atoms with Crippen molar-refractivity contribution in [3.8, 4) is 11.4 Å². The third kappa shape index (κ3) is 4.31. The van der Waals surface area contributed by atoms with Gasteiger partial charge in [0.2, 0.25) is 11.7 Å². The van der Waals surface area contributed by atoms with E-state index in [-0.39, 0.29) is 18.6 Å². The fraction of sp³-hybridized carbons (Fsp3) is 0.471. The molecule has 122 valence electrons. The minimum Gasteiger partial charge on any atom is -0.337 e. The van der Waals surface area contributed by atoms with E-state index in [1.807, 2.05) is 31.2 Å². The molecule has 0 radical (unpaired) electrons. The van der Waals surface area contributed by atoms with Crippen molar-refractivity contribution in [1.82, 2.24) is 20.8 Å². The maximum atomic E-state index is 11.9. The molecular formula is C17H22N4O2. The van der Waals surface area contributed by atoms with E-state index in [0.717, 1.165) is 18.4 Å². The Bertz CT molecular complexity index is 645. The van der Waals surface area contributed by atoms with Gasteiger partial charge in [0.25, 0.3) is 0 Å². The molecule has 2 aromatic rings. The lowest BCUT2D eigenvalue weighted by Gasteiger charge is -2.22. The van der Waals surface area contributed by atoms with Crippen LogP contribution in [0.3, 0.4) is 0 Å². The molecule has 1 saturated carbocycles. The normalized spacial score (nSPS) is 15.3. The Balaban J connectivity index is 1.50. The Morgan fingerprint density at radius 1 is 1.22 bits per heavy atom. The fourth-order valence-corrected chi connectivity index (χ4v) is 2.79. The van der Waals surface area contributed by atoms with Crippen molar-refractivity contribution in [3.05, 3.63) is 35.7 Å². The topological polar surface area (TPSA) is 80.0 Å². The summed E-state index contributed by atoms with van der Waals surface area (Å²) in [6.07, 6.45) is 5.77. The van der Waals surface area contributed by atoms with Crippen LogP contribution in [0, 0.1) is 6.92 Å². The van der Waals surface area contributed by atoms with Crippen LogP contribution in [0.15, 0.2) is 28.8 Å². The molecule has 1 aromatic heterocycles. The molecule has 6 heteroatoms. The van der Waals surface area contributed by atoms with Gasteiger partial charge in [-0.2, -0.15) is 4.98 Å². The number of nitrogens with one attached hydrogen (secondary N) is 2. The van der Waals surface area contributed by atoms with Crippen molar-refractivity contribution in [2.75, 3.05) is 0 Å². The van der Waals surface area contributed by atoms with E-state index < -0.39 is 0 Å². The molecule has 6 nitrogen and oxygen atoms in total. The molecule has 0 atom stereocenters. The maximum Gasteiger partial charge on any atom is 0.315 e. The number of benzene rings is 1. The van der Waals surface area contributed by atoms with E-state index in [1.165, 1.54) is 24.8 Å². The molecule has 1 aromatic carbocycles. The zero-order chi connectivity index (χ0) is 16.1. The number of aryl methyl sites for hydroxylation is 1. The van der Waals surface area contributed by atoms with Crippen LogP contribution >= 0.6 is 0 Å². The minimum absolute atomic E-state index is 0.174. The average Bonchev–Trinajstić information content (AvgIpc) is 3.04. The lowest BCUT2D eigenvalue weighted by atomic mass is 9.96. The Hall–Kier alpha value is -2.37. The number of carbonyl (C=O) groups excluding carboxylic acids is 1. The average molecular weight is 314 g/mol. The van der Waals surface area contributed by atoms with E-state index in [0.29, 0.717) is 11.7 Å². The predicted molar refractivity (Wildman–Crippen MR) is 86.7 cm³/mol. The summed E-state index contributed by atoms with van der Waals surface area (Å²) >= 11 is 0. The minimum atomic E-state index is -0.174. The summed E-state index contributed by atoms with van der Waals surface area (Å²) < 4.78 is 5.19. The molecule has 2 amide bonds. The summed E-state index contributed by atoms with van der Waals surface area (Å²) in [4.78, 5) is 16.2. The van der Waals surface area contributed by atoms with Gasteiger partial charge in [0.05, 0.1) is 6.54 Å². The summed E-state index contributed by atoms with van der Waals surface area (Å²) in [6, 6.07) is 8.02. The first-order chi connectivity index (χ1) is 11.2. The first kappa shape index (κ1) is 15.5. The fourth-order valence-electron chi connectivity index (χ4n) is 2.79. The van der Waals surface area contributed by atoms with Crippen LogP contribution in [0.25, 0.3) is 11.4 Å². The molecule has 1 aliphatic carbocycles. The molecule has 0 spiro atoms. The summed E-state index contributed by atoms with van der Waals surface area (Å²) in [5.74, 6) is 0.939. The Labute approximate surface area is 135 Å². The van der Waals surface area contributed by atoms with E-state index in [9.17, 15) is 4.79 Å². The number of hydrogen-bond acceptors (Lipinski definition) is 4. The SMILES string of the molecule is Cc1ccc(-c2noc(CNC(=O)NC3CCCCC3)n2)cc1. The summed E-state index contributed by atoms with van der Waals surface area (Å²) in [5.41, 5.74) is 2.08. The van der Waals surface area contributed by atoms with Crippen molar-refractivity contribution in [1.29, 1.82) is 0 Å². The number of nitrogens with zero attached hydrogens (tertiary/aromatic N) is 2. The van der Waals surface area contributed by atoms with Gasteiger partial charge in [-0.1, -0.05) is 54.2 Å². The smallest absolute Gasteiger partial charge is 0.315 e. The zero-order valence-electron chi connectivity index (χ0n) is 13.3. The molecule has 0 unspecified atom stereocenters. The first-order valence-corrected chi connectivity index (χ1v) is 8.15. The van der Waals surface area contributed by atoms with Crippen molar-refractivity contribution >= 4 is 6.03 Å². The molecule has 23 heavy (non-hydrogen) atoms. The summed E-state index contributed by atoms with van der Waals surface area (Å²) in [5, 5.41) is 9.72.